The first-order valence-corrected chi connectivity index (χ1v) is 10.3. The molecule has 2 heterocycles. The second-order valence-corrected chi connectivity index (χ2v) is 7.88. The number of thioether (sulfide) groups is 1. The van der Waals surface area contributed by atoms with Crippen molar-refractivity contribution in [2.24, 2.45) is 0 Å². The average molecular weight is 390 g/mol. The van der Waals surface area contributed by atoms with Crippen molar-refractivity contribution in [2.75, 3.05) is 5.75 Å². The van der Waals surface area contributed by atoms with Crippen LogP contribution in [0.1, 0.15) is 26.7 Å². The van der Waals surface area contributed by atoms with Crippen LogP contribution in [0.15, 0.2) is 41.0 Å². The van der Waals surface area contributed by atoms with Crippen molar-refractivity contribution in [2.45, 2.75) is 37.8 Å². The second kappa shape index (κ2) is 8.60. The summed E-state index contributed by atoms with van der Waals surface area (Å²) in [5, 5.41) is 6.70. The van der Waals surface area contributed by atoms with Crippen LogP contribution in [0.2, 0.25) is 0 Å². The number of thiophene rings is 1. The predicted octanol–water partition coefficient (Wildman–Crippen LogP) is 4.89. The van der Waals surface area contributed by atoms with Gasteiger partial charge in [0, 0.05) is 17.0 Å². The Kier molecular flexibility index (Phi) is 6.21. The van der Waals surface area contributed by atoms with Crippen molar-refractivity contribution in [3.05, 3.63) is 41.8 Å². The molecule has 1 atom stereocenters. The van der Waals surface area contributed by atoms with E-state index in [2.05, 4.69) is 22.2 Å². The highest BCUT2D eigenvalue weighted by atomic mass is 32.2. The zero-order valence-electron chi connectivity index (χ0n) is 14.7. The van der Waals surface area contributed by atoms with Gasteiger partial charge in [-0.25, -0.2) is 14.4 Å². The summed E-state index contributed by atoms with van der Waals surface area (Å²) in [6.45, 7) is 4.11. The molecule has 136 valence electrons. The summed E-state index contributed by atoms with van der Waals surface area (Å²) in [6.07, 6.45) is 3.53. The molecular weight excluding hydrogens is 369 g/mol. The Morgan fingerprint density at radius 1 is 1.31 bits per heavy atom. The lowest BCUT2D eigenvalue weighted by Gasteiger charge is -2.12. The van der Waals surface area contributed by atoms with Gasteiger partial charge in [-0.2, -0.15) is 0 Å². The Hall–Kier alpha value is -1.99. The van der Waals surface area contributed by atoms with E-state index in [1.807, 2.05) is 12.3 Å². The predicted molar refractivity (Wildman–Crippen MR) is 106 cm³/mol. The van der Waals surface area contributed by atoms with Gasteiger partial charge in [-0.05, 0) is 31.0 Å². The summed E-state index contributed by atoms with van der Waals surface area (Å²) in [6, 6.07) is 6.56. The third-order valence-corrected chi connectivity index (χ3v) is 5.84. The number of benzene rings is 1. The molecule has 26 heavy (non-hydrogen) atoms. The van der Waals surface area contributed by atoms with E-state index in [0.717, 1.165) is 39.2 Å². The first-order chi connectivity index (χ1) is 12.6. The summed E-state index contributed by atoms with van der Waals surface area (Å²) in [5.74, 6) is 0.0390. The summed E-state index contributed by atoms with van der Waals surface area (Å²) in [7, 11) is 0. The molecule has 0 spiro atoms. The minimum atomic E-state index is -0.267. The van der Waals surface area contributed by atoms with E-state index >= 15 is 0 Å². The summed E-state index contributed by atoms with van der Waals surface area (Å²) < 4.78 is 13.2. The van der Waals surface area contributed by atoms with Gasteiger partial charge in [-0.1, -0.05) is 37.2 Å². The molecule has 0 aliphatic heterocycles. The Morgan fingerprint density at radius 2 is 2.08 bits per heavy atom. The lowest BCUT2D eigenvalue weighted by molar-refractivity contribution is -0.119. The molecule has 3 rings (SSSR count). The number of carbonyl (C=O) groups is 1. The van der Waals surface area contributed by atoms with Gasteiger partial charge in [0.15, 0.2) is 0 Å². The van der Waals surface area contributed by atoms with Gasteiger partial charge in [-0.3, -0.25) is 4.79 Å². The number of fused-ring (bicyclic) bond motifs is 1. The van der Waals surface area contributed by atoms with Gasteiger partial charge < -0.3 is 5.32 Å². The number of nitrogens with one attached hydrogen (secondary N) is 1. The number of hydrogen-bond acceptors (Lipinski definition) is 5. The van der Waals surface area contributed by atoms with Crippen LogP contribution in [0.5, 0.6) is 0 Å². The number of rotatable bonds is 7. The van der Waals surface area contributed by atoms with Gasteiger partial charge in [0.2, 0.25) is 5.91 Å². The maximum Gasteiger partial charge on any atom is 0.230 e. The first kappa shape index (κ1) is 18.8. The van der Waals surface area contributed by atoms with Gasteiger partial charge >= 0.3 is 0 Å². The molecule has 0 saturated carbocycles. The fourth-order valence-corrected chi connectivity index (χ4v) is 4.56. The van der Waals surface area contributed by atoms with Crippen LogP contribution in [0.4, 0.5) is 4.39 Å². The summed E-state index contributed by atoms with van der Waals surface area (Å²) in [5.41, 5.74) is 1.88. The van der Waals surface area contributed by atoms with E-state index in [1.165, 1.54) is 41.6 Å². The van der Waals surface area contributed by atoms with E-state index in [4.69, 9.17) is 0 Å². The average Bonchev–Trinajstić information content (AvgIpc) is 3.05. The van der Waals surface area contributed by atoms with Crippen molar-refractivity contribution in [3.8, 4) is 11.1 Å². The van der Waals surface area contributed by atoms with E-state index in [0.29, 0.717) is 5.75 Å². The first-order valence-electron chi connectivity index (χ1n) is 8.48. The Bertz CT molecular complexity index is 895. The molecule has 1 amide bonds. The highest BCUT2D eigenvalue weighted by molar-refractivity contribution is 8.00. The molecule has 0 aliphatic carbocycles. The van der Waals surface area contributed by atoms with Crippen molar-refractivity contribution >= 4 is 39.2 Å². The van der Waals surface area contributed by atoms with Gasteiger partial charge in [0.1, 0.15) is 22.0 Å². The molecule has 0 fully saturated rings. The molecule has 0 radical (unpaired) electrons. The normalized spacial score (nSPS) is 12.3. The number of nitrogens with zero attached hydrogens (tertiary/aromatic N) is 2. The van der Waals surface area contributed by atoms with E-state index < -0.39 is 0 Å². The smallest absolute Gasteiger partial charge is 0.230 e. The van der Waals surface area contributed by atoms with Gasteiger partial charge in [-0.15, -0.1) is 11.3 Å². The van der Waals surface area contributed by atoms with E-state index in [9.17, 15) is 9.18 Å². The van der Waals surface area contributed by atoms with Gasteiger partial charge in [0.25, 0.3) is 0 Å². The fourth-order valence-electron chi connectivity index (χ4n) is 2.75. The summed E-state index contributed by atoms with van der Waals surface area (Å²) >= 11 is 2.92. The van der Waals surface area contributed by atoms with Crippen LogP contribution in [-0.2, 0) is 4.79 Å². The maximum absolute atomic E-state index is 13.2. The minimum absolute atomic E-state index is 0.00118. The highest BCUT2D eigenvalue weighted by Crippen LogP contribution is 2.37. The van der Waals surface area contributed by atoms with Crippen LogP contribution >= 0.6 is 23.1 Å². The van der Waals surface area contributed by atoms with Crippen LogP contribution in [0.3, 0.4) is 0 Å². The van der Waals surface area contributed by atoms with Crippen molar-refractivity contribution in [1.82, 2.24) is 15.3 Å². The minimum Gasteiger partial charge on any atom is -0.353 e. The van der Waals surface area contributed by atoms with Gasteiger partial charge in [0.05, 0.1) is 11.1 Å². The van der Waals surface area contributed by atoms with Crippen molar-refractivity contribution < 1.29 is 9.18 Å². The third-order valence-electron chi connectivity index (χ3n) is 3.96. The molecule has 2 aromatic heterocycles. The summed E-state index contributed by atoms with van der Waals surface area (Å²) in [4.78, 5) is 21.7. The zero-order valence-corrected chi connectivity index (χ0v) is 16.3. The zero-order chi connectivity index (χ0) is 18.5. The number of halogens is 1. The molecule has 0 aliphatic rings. The topological polar surface area (TPSA) is 54.9 Å². The van der Waals surface area contributed by atoms with Crippen LogP contribution in [0.25, 0.3) is 21.3 Å². The molecule has 7 heteroatoms. The van der Waals surface area contributed by atoms with E-state index in [1.54, 1.807) is 12.1 Å². The van der Waals surface area contributed by atoms with E-state index in [-0.39, 0.29) is 17.8 Å². The molecule has 4 nitrogen and oxygen atoms in total. The standard InChI is InChI=1S/C19H20FN3OS2/c1-3-4-12(2)23-16(24)10-26-19-17-15(9-25-18(17)21-11-22-19)13-5-7-14(20)8-6-13/h5-9,11-12H,3-4,10H2,1-2H3,(H,23,24). The molecule has 3 aromatic rings. The molecule has 0 bridgehead atoms. The lowest BCUT2D eigenvalue weighted by Crippen LogP contribution is -2.33. The fraction of sp³-hybridized carbons (Fsp3) is 0.316. The van der Waals surface area contributed by atoms with Crippen LogP contribution in [0, 0.1) is 5.82 Å². The number of carbonyl (C=O) groups excluding carboxylic acids is 1. The highest BCUT2D eigenvalue weighted by Gasteiger charge is 2.15. The van der Waals surface area contributed by atoms with Crippen LogP contribution in [-0.4, -0.2) is 27.7 Å². The monoisotopic (exact) mass is 389 g/mol. The number of amides is 1. The molecular formula is C19H20FN3OS2. The lowest BCUT2D eigenvalue weighted by atomic mass is 10.1. The molecule has 0 saturated heterocycles. The quantitative estimate of drug-likeness (QED) is 0.461. The number of aromatic nitrogens is 2. The van der Waals surface area contributed by atoms with Crippen molar-refractivity contribution in [1.29, 1.82) is 0 Å². The Morgan fingerprint density at radius 3 is 2.81 bits per heavy atom. The Labute approximate surface area is 160 Å². The molecule has 1 N–H and O–H groups in total. The third kappa shape index (κ3) is 4.40. The molecule has 1 aromatic carbocycles. The molecule has 1 unspecified atom stereocenters. The largest absolute Gasteiger partial charge is 0.353 e. The second-order valence-electron chi connectivity index (χ2n) is 6.06. The SMILES string of the molecule is CCCC(C)NC(=O)CSc1ncnc2scc(-c3ccc(F)cc3)c12. The Balaban J connectivity index is 1.81. The number of hydrogen-bond donors (Lipinski definition) is 1. The maximum atomic E-state index is 13.2. The van der Waals surface area contributed by atoms with Crippen LogP contribution < -0.4 is 5.32 Å². The van der Waals surface area contributed by atoms with Crippen molar-refractivity contribution in [3.63, 3.8) is 0 Å².